The van der Waals surface area contributed by atoms with Crippen molar-refractivity contribution in [2.24, 2.45) is 13.0 Å². The molecule has 0 amide bonds. The zero-order valence-electron chi connectivity index (χ0n) is 13.2. The second kappa shape index (κ2) is 6.19. The largest absolute Gasteiger partial charge is 0.417 e. The van der Waals surface area contributed by atoms with E-state index in [1.165, 1.54) is 6.07 Å². The first kappa shape index (κ1) is 16.4. The van der Waals surface area contributed by atoms with Crippen LogP contribution < -0.4 is 4.90 Å². The summed E-state index contributed by atoms with van der Waals surface area (Å²) in [6.45, 7) is 1.42. The van der Waals surface area contributed by atoms with Crippen LogP contribution in [0.2, 0.25) is 0 Å². The number of aryl methyl sites for hydroxylation is 1. The third-order valence-corrected chi connectivity index (χ3v) is 4.36. The van der Waals surface area contributed by atoms with E-state index in [1.807, 2.05) is 24.3 Å². The lowest BCUT2D eigenvalue weighted by molar-refractivity contribution is -0.137. The minimum absolute atomic E-state index is 0.336. The smallest absolute Gasteiger partial charge is 0.371 e. The summed E-state index contributed by atoms with van der Waals surface area (Å²) in [5.41, 5.74) is 0.464. The fraction of sp³-hybridized carbons (Fsp3) is 0.412. The molecule has 0 N–H and O–H groups in total. The van der Waals surface area contributed by atoms with Crippen molar-refractivity contribution >= 4 is 5.69 Å². The number of nitriles is 1. The molecule has 2 heterocycles. The van der Waals surface area contributed by atoms with E-state index in [1.54, 1.807) is 16.8 Å². The van der Waals surface area contributed by atoms with E-state index in [0.717, 1.165) is 24.5 Å². The van der Waals surface area contributed by atoms with Crippen molar-refractivity contribution in [3.8, 4) is 6.07 Å². The first-order chi connectivity index (χ1) is 11.4. The van der Waals surface area contributed by atoms with E-state index in [-0.39, 0.29) is 5.56 Å². The van der Waals surface area contributed by atoms with Crippen molar-refractivity contribution in [2.45, 2.75) is 19.0 Å². The molecule has 1 atom stereocenters. The molecule has 0 radical (unpaired) electrons. The van der Waals surface area contributed by atoms with Gasteiger partial charge in [0.05, 0.1) is 23.4 Å². The van der Waals surface area contributed by atoms with Crippen molar-refractivity contribution < 1.29 is 13.2 Å². The van der Waals surface area contributed by atoms with Crippen LogP contribution in [0.3, 0.4) is 0 Å². The molecule has 1 aliphatic heterocycles. The van der Waals surface area contributed by atoms with Gasteiger partial charge in [0.2, 0.25) is 0 Å². The van der Waals surface area contributed by atoms with Crippen LogP contribution in [0.1, 0.15) is 23.1 Å². The van der Waals surface area contributed by atoms with Gasteiger partial charge in [0.25, 0.3) is 0 Å². The number of aromatic nitrogens is 2. The summed E-state index contributed by atoms with van der Waals surface area (Å²) in [5.74, 6) is 0.388. The van der Waals surface area contributed by atoms with Crippen LogP contribution in [0.4, 0.5) is 18.9 Å². The summed E-state index contributed by atoms with van der Waals surface area (Å²) in [7, 11) is 1.86. The third kappa shape index (κ3) is 3.37. The molecule has 0 saturated carbocycles. The minimum Gasteiger partial charge on any atom is -0.371 e. The van der Waals surface area contributed by atoms with E-state index in [4.69, 9.17) is 5.26 Å². The normalized spacial score (nSPS) is 18.0. The molecule has 3 rings (SSSR count). The van der Waals surface area contributed by atoms with Crippen LogP contribution in [-0.4, -0.2) is 22.9 Å². The Balaban J connectivity index is 1.75. The number of benzene rings is 1. The number of hydrogen-bond donors (Lipinski definition) is 0. The molecule has 0 bridgehead atoms. The van der Waals surface area contributed by atoms with Crippen molar-refractivity contribution in [1.29, 1.82) is 5.26 Å². The minimum atomic E-state index is -4.52. The van der Waals surface area contributed by atoms with E-state index < -0.39 is 11.7 Å². The first-order valence-corrected chi connectivity index (χ1v) is 7.70. The van der Waals surface area contributed by atoms with Gasteiger partial charge < -0.3 is 4.90 Å². The molecular formula is C17H17F3N4. The highest BCUT2D eigenvalue weighted by Gasteiger charge is 2.34. The number of alkyl halides is 3. The number of halogens is 3. The van der Waals surface area contributed by atoms with Gasteiger partial charge in [0.1, 0.15) is 0 Å². The van der Waals surface area contributed by atoms with E-state index in [9.17, 15) is 13.2 Å². The monoisotopic (exact) mass is 334 g/mol. The van der Waals surface area contributed by atoms with Crippen molar-refractivity contribution in [2.75, 3.05) is 18.0 Å². The van der Waals surface area contributed by atoms with Gasteiger partial charge in [-0.2, -0.15) is 23.5 Å². The molecule has 1 aliphatic rings. The van der Waals surface area contributed by atoms with Crippen LogP contribution in [0, 0.1) is 17.2 Å². The lowest BCUT2D eigenvalue weighted by Gasteiger charge is -2.20. The standard InChI is InChI=1S/C17H17F3N4/c1-23-10-13(9-22-23)6-12-4-5-24(11-12)15-3-2-14(8-21)16(7-15)17(18,19)20/h2-3,7,9-10,12H,4-6,11H2,1H3/t12-/m1/s1. The lowest BCUT2D eigenvalue weighted by atomic mass is 10.0. The van der Waals surface area contributed by atoms with E-state index in [0.29, 0.717) is 24.7 Å². The Morgan fingerprint density at radius 1 is 1.38 bits per heavy atom. The van der Waals surface area contributed by atoms with Crippen molar-refractivity contribution in [3.63, 3.8) is 0 Å². The summed E-state index contributed by atoms with van der Waals surface area (Å²) in [4.78, 5) is 1.96. The number of nitrogens with zero attached hydrogens (tertiary/aromatic N) is 4. The molecule has 0 spiro atoms. The van der Waals surface area contributed by atoms with Crippen LogP contribution >= 0.6 is 0 Å². The molecule has 0 unspecified atom stereocenters. The van der Waals surface area contributed by atoms with Gasteiger partial charge >= 0.3 is 6.18 Å². The second-order valence-corrected chi connectivity index (χ2v) is 6.17. The number of rotatable bonds is 3. The van der Waals surface area contributed by atoms with Gasteiger partial charge in [-0.3, -0.25) is 4.68 Å². The molecule has 126 valence electrons. The molecule has 2 aromatic rings. The van der Waals surface area contributed by atoms with Gasteiger partial charge in [-0.15, -0.1) is 0 Å². The fourth-order valence-electron chi connectivity index (χ4n) is 3.21. The van der Waals surface area contributed by atoms with E-state index in [2.05, 4.69) is 5.10 Å². The summed E-state index contributed by atoms with van der Waals surface area (Å²) < 4.78 is 41.0. The third-order valence-electron chi connectivity index (χ3n) is 4.36. The highest BCUT2D eigenvalue weighted by atomic mass is 19.4. The summed E-state index contributed by atoms with van der Waals surface area (Å²) in [5, 5.41) is 13.0. The molecular weight excluding hydrogens is 317 g/mol. The van der Waals surface area contributed by atoms with Crippen LogP contribution in [0.5, 0.6) is 0 Å². The second-order valence-electron chi connectivity index (χ2n) is 6.17. The Hall–Kier alpha value is -2.49. The Morgan fingerprint density at radius 2 is 2.17 bits per heavy atom. The first-order valence-electron chi connectivity index (χ1n) is 7.70. The Kier molecular flexibility index (Phi) is 4.22. The molecule has 24 heavy (non-hydrogen) atoms. The molecule has 1 aromatic carbocycles. The van der Waals surface area contributed by atoms with Crippen molar-refractivity contribution in [3.05, 3.63) is 47.3 Å². The van der Waals surface area contributed by atoms with Gasteiger partial charge in [-0.25, -0.2) is 0 Å². The molecule has 0 aliphatic carbocycles. The average Bonchev–Trinajstić information content (AvgIpc) is 3.15. The predicted octanol–water partition coefficient (Wildman–Crippen LogP) is 3.38. The lowest BCUT2D eigenvalue weighted by Crippen LogP contribution is -2.21. The van der Waals surface area contributed by atoms with Gasteiger partial charge in [0.15, 0.2) is 0 Å². The molecule has 4 nitrogen and oxygen atoms in total. The van der Waals surface area contributed by atoms with Gasteiger partial charge in [-0.1, -0.05) is 0 Å². The quantitative estimate of drug-likeness (QED) is 0.864. The molecule has 1 aromatic heterocycles. The zero-order valence-corrected chi connectivity index (χ0v) is 13.2. The summed E-state index contributed by atoms with van der Waals surface area (Å²) in [6.07, 6.45) is 1.07. The van der Waals surface area contributed by atoms with Gasteiger partial charge in [0, 0.05) is 32.0 Å². The predicted molar refractivity (Wildman–Crippen MR) is 83.4 cm³/mol. The Labute approximate surface area is 138 Å². The highest BCUT2D eigenvalue weighted by molar-refractivity contribution is 5.55. The molecule has 7 heteroatoms. The topological polar surface area (TPSA) is 44.9 Å². The summed E-state index contributed by atoms with van der Waals surface area (Å²) >= 11 is 0. The molecule has 1 saturated heterocycles. The maximum Gasteiger partial charge on any atom is 0.417 e. The van der Waals surface area contributed by atoms with E-state index >= 15 is 0 Å². The Bertz CT molecular complexity index is 773. The molecule has 1 fully saturated rings. The maximum atomic E-state index is 13.1. The SMILES string of the molecule is Cn1cc(C[C@H]2CCN(c3ccc(C#N)c(C(F)(F)F)c3)C2)cn1. The highest BCUT2D eigenvalue weighted by Crippen LogP contribution is 2.35. The van der Waals surface area contributed by atoms with Crippen LogP contribution in [0.15, 0.2) is 30.6 Å². The van der Waals surface area contributed by atoms with Crippen LogP contribution in [-0.2, 0) is 19.6 Å². The number of anilines is 1. The van der Waals surface area contributed by atoms with Crippen LogP contribution in [0.25, 0.3) is 0 Å². The maximum absolute atomic E-state index is 13.1. The zero-order chi connectivity index (χ0) is 17.3. The summed E-state index contributed by atoms with van der Waals surface area (Å²) in [6, 6.07) is 5.56. The number of hydrogen-bond acceptors (Lipinski definition) is 3. The van der Waals surface area contributed by atoms with Gasteiger partial charge in [-0.05, 0) is 42.5 Å². The average molecular weight is 334 g/mol. The Morgan fingerprint density at radius 3 is 2.79 bits per heavy atom. The fourth-order valence-corrected chi connectivity index (χ4v) is 3.21. The van der Waals surface area contributed by atoms with Crippen molar-refractivity contribution in [1.82, 2.24) is 9.78 Å².